The van der Waals surface area contributed by atoms with Crippen molar-refractivity contribution in [2.24, 2.45) is 17.6 Å². The zero-order valence-electron chi connectivity index (χ0n) is 12.2. The zero-order chi connectivity index (χ0) is 14.0. The molecule has 0 bridgehead atoms. The SMILES string of the molecule is CC1CCC(CN)(N(C)Cc2ccc(Cl)s2)C(C)C1. The van der Waals surface area contributed by atoms with Crippen LogP contribution in [0.5, 0.6) is 0 Å². The zero-order valence-corrected chi connectivity index (χ0v) is 13.7. The van der Waals surface area contributed by atoms with Gasteiger partial charge in [-0.1, -0.05) is 25.4 Å². The molecule has 1 aliphatic rings. The fourth-order valence-corrected chi connectivity index (χ4v) is 4.68. The predicted octanol–water partition coefficient (Wildman–Crippen LogP) is 3.99. The van der Waals surface area contributed by atoms with E-state index >= 15 is 0 Å². The van der Waals surface area contributed by atoms with Crippen molar-refractivity contribution >= 4 is 22.9 Å². The molecule has 4 heteroatoms. The smallest absolute Gasteiger partial charge is 0.0931 e. The van der Waals surface area contributed by atoms with Gasteiger partial charge < -0.3 is 5.73 Å². The largest absolute Gasteiger partial charge is 0.329 e. The summed E-state index contributed by atoms with van der Waals surface area (Å²) in [7, 11) is 2.22. The molecule has 1 aromatic heterocycles. The maximum Gasteiger partial charge on any atom is 0.0931 e. The Balaban J connectivity index is 2.11. The first-order chi connectivity index (χ1) is 8.98. The second kappa shape index (κ2) is 6.13. The van der Waals surface area contributed by atoms with Crippen molar-refractivity contribution < 1.29 is 0 Å². The average molecular weight is 301 g/mol. The normalized spacial score (nSPS) is 31.9. The Bertz CT molecular complexity index is 420. The summed E-state index contributed by atoms with van der Waals surface area (Å²) < 4.78 is 0.871. The third kappa shape index (κ3) is 3.15. The minimum absolute atomic E-state index is 0.156. The summed E-state index contributed by atoms with van der Waals surface area (Å²) in [5, 5.41) is 0. The lowest BCUT2D eigenvalue weighted by Gasteiger charge is -2.50. The molecule has 0 saturated heterocycles. The van der Waals surface area contributed by atoms with Crippen LogP contribution in [0.4, 0.5) is 0 Å². The second-order valence-corrected chi connectivity index (χ2v) is 7.95. The van der Waals surface area contributed by atoms with Gasteiger partial charge in [0.25, 0.3) is 0 Å². The Morgan fingerprint density at radius 1 is 1.47 bits per heavy atom. The fraction of sp³-hybridized carbons (Fsp3) is 0.733. The Morgan fingerprint density at radius 3 is 2.74 bits per heavy atom. The molecule has 2 N–H and O–H groups in total. The van der Waals surface area contributed by atoms with Crippen molar-refractivity contribution in [3.63, 3.8) is 0 Å². The van der Waals surface area contributed by atoms with Gasteiger partial charge in [-0.3, -0.25) is 4.90 Å². The molecule has 0 aliphatic heterocycles. The van der Waals surface area contributed by atoms with Crippen LogP contribution in [0.1, 0.15) is 38.0 Å². The molecular formula is C15H25ClN2S. The topological polar surface area (TPSA) is 29.3 Å². The van der Waals surface area contributed by atoms with E-state index in [0.717, 1.165) is 23.3 Å². The van der Waals surface area contributed by atoms with Crippen LogP contribution in [0.25, 0.3) is 0 Å². The minimum atomic E-state index is 0.156. The molecule has 1 heterocycles. The van der Waals surface area contributed by atoms with Gasteiger partial charge in [0.1, 0.15) is 0 Å². The average Bonchev–Trinajstić information content (AvgIpc) is 2.75. The van der Waals surface area contributed by atoms with Gasteiger partial charge in [0, 0.05) is 23.5 Å². The van der Waals surface area contributed by atoms with Gasteiger partial charge in [0.15, 0.2) is 0 Å². The molecule has 2 rings (SSSR count). The van der Waals surface area contributed by atoms with E-state index in [9.17, 15) is 0 Å². The lowest BCUT2D eigenvalue weighted by molar-refractivity contribution is 0.0135. The maximum absolute atomic E-state index is 6.17. The summed E-state index contributed by atoms with van der Waals surface area (Å²) in [5.41, 5.74) is 6.33. The molecule has 0 aromatic carbocycles. The summed E-state index contributed by atoms with van der Waals surface area (Å²) in [5.74, 6) is 1.49. The quantitative estimate of drug-likeness (QED) is 0.911. The monoisotopic (exact) mass is 300 g/mol. The van der Waals surface area contributed by atoms with E-state index in [1.54, 1.807) is 11.3 Å². The predicted molar refractivity (Wildman–Crippen MR) is 84.8 cm³/mol. The number of halogens is 1. The van der Waals surface area contributed by atoms with E-state index in [0.29, 0.717) is 5.92 Å². The molecule has 1 saturated carbocycles. The van der Waals surface area contributed by atoms with E-state index in [1.807, 2.05) is 6.07 Å². The molecule has 108 valence electrons. The molecular weight excluding hydrogens is 276 g/mol. The van der Waals surface area contributed by atoms with Gasteiger partial charge in [-0.25, -0.2) is 0 Å². The van der Waals surface area contributed by atoms with Crippen molar-refractivity contribution in [1.29, 1.82) is 0 Å². The first-order valence-corrected chi connectivity index (χ1v) is 8.33. The highest BCUT2D eigenvalue weighted by atomic mass is 35.5. The highest BCUT2D eigenvalue weighted by Gasteiger charge is 2.42. The van der Waals surface area contributed by atoms with E-state index < -0.39 is 0 Å². The third-order valence-corrected chi connectivity index (χ3v) is 6.09. The van der Waals surface area contributed by atoms with Gasteiger partial charge in [-0.2, -0.15) is 0 Å². The standard InChI is InChI=1S/C15H25ClN2S/c1-11-6-7-15(10-17,12(2)8-11)18(3)9-13-4-5-14(16)19-13/h4-5,11-12H,6-10,17H2,1-3H3. The Hall–Kier alpha value is -0.0900. The van der Waals surface area contributed by atoms with Crippen LogP contribution in [0.15, 0.2) is 12.1 Å². The number of rotatable bonds is 4. The van der Waals surface area contributed by atoms with Crippen LogP contribution in [0.2, 0.25) is 4.34 Å². The summed E-state index contributed by atoms with van der Waals surface area (Å²) in [6.07, 6.45) is 3.78. The van der Waals surface area contributed by atoms with E-state index in [-0.39, 0.29) is 5.54 Å². The van der Waals surface area contributed by atoms with Crippen LogP contribution < -0.4 is 5.73 Å². The van der Waals surface area contributed by atoms with Gasteiger partial charge in [-0.15, -0.1) is 11.3 Å². The van der Waals surface area contributed by atoms with Crippen LogP contribution in [0.3, 0.4) is 0 Å². The molecule has 3 unspecified atom stereocenters. The van der Waals surface area contributed by atoms with Crippen LogP contribution in [0, 0.1) is 11.8 Å². The van der Waals surface area contributed by atoms with Crippen LogP contribution >= 0.6 is 22.9 Å². The van der Waals surface area contributed by atoms with E-state index in [4.69, 9.17) is 17.3 Å². The maximum atomic E-state index is 6.17. The number of likely N-dealkylation sites (N-methyl/N-ethyl adjacent to an activating group) is 1. The van der Waals surface area contributed by atoms with Crippen molar-refractivity contribution in [2.75, 3.05) is 13.6 Å². The molecule has 1 aromatic rings. The number of hydrogen-bond acceptors (Lipinski definition) is 3. The van der Waals surface area contributed by atoms with Crippen LogP contribution in [-0.2, 0) is 6.54 Å². The highest BCUT2D eigenvalue weighted by molar-refractivity contribution is 7.16. The molecule has 1 fully saturated rings. The summed E-state index contributed by atoms with van der Waals surface area (Å²) in [4.78, 5) is 3.79. The molecule has 0 radical (unpaired) electrons. The molecule has 3 atom stereocenters. The lowest BCUT2D eigenvalue weighted by atomic mass is 9.69. The van der Waals surface area contributed by atoms with Crippen molar-refractivity contribution in [3.05, 3.63) is 21.3 Å². The number of nitrogens with zero attached hydrogens (tertiary/aromatic N) is 1. The third-order valence-electron chi connectivity index (χ3n) is 4.88. The van der Waals surface area contributed by atoms with Gasteiger partial charge >= 0.3 is 0 Å². The first-order valence-electron chi connectivity index (χ1n) is 7.13. The van der Waals surface area contributed by atoms with E-state index in [1.165, 1.54) is 24.1 Å². The summed E-state index contributed by atoms with van der Waals surface area (Å²) >= 11 is 7.70. The molecule has 0 amide bonds. The van der Waals surface area contributed by atoms with Gasteiger partial charge in [0.2, 0.25) is 0 Å². The van der Waals surface area contributed by atoms with Gasteiger partial charge in [-0.05, 0) is 50.3 Å². The van der Waals surface area contributed by atoms with Gasteiger partial charge in [0.05, 0.1) is 4.34 Å². The Kier molecular flexibility index (Phi) is 4.93. The lowest BCUT2D eigenvalue weighted by Crippen LogP contribution is -2.58. The van der Waals surface area contributed by atoms with E-state index in [2.05, 4.69) is 31.9 Å². The summed E-state index contributed by atoms with van der Waals surface area (Å²) in [6, 6.07) is 4.11. The molecule has 0 spiro atoms. The summed E-state index contributed by atoms with van der Waals surface area (Å²) in [6.45, 7) is 6.42. The Labute approximate surface area is 125 Å². The second-order valence-electron chi connectivity index (χ2n) is 6.15. The molecule has 2 nitrogen and oxygen atoms in total. The van der Waals surface area contributed by atoms with Crippen molar-refractivity contribution in [2.45, 2.75) is 45.2 Å². The van der Waals surface area contributed by atoms with Crippen LogP contribution in [-0.4, -0.2) is 24.0 Å². The first kappa shape index (κ1) is 15.3. The van der Waals surface area contributed by atoms with Crippen molar-refractivity contribution in [1.82, 2.24) is 4.90 Å². The minimum Gasteiger partial charge on any atom is -0.329 e. The number of thiophene rings is 1. The Morgan fingerprint density at radius 2 is 2.21 bits per heavy atom. The van der Waals surface area contributed by atoms with Crippen molar-refractivity contribution in [3.8, 4) is 0 Å². The fourth-order valence-electron chi connectivity index (χ4n) is 3.54. The highest BCUT2D eigenvalue weighted by Crippen LogP contribution is 2.40. The number of hydrogen-bond donors (Lipinski definition) is 1. The molecule has 1 aliphatic carbocycles. The molecule has 19 heavy (non-hydrogen) atoms. The number of nitrogens with two attached hydrogens (primary N) is 1.